The molecule has 0 amide bonds. The van der Waals surface area contributed by atoms with E-state index in [9.17, 15) is 0 Å². The number of benzene rings is 3. The Balaban J connectivity index is 1.64. The molecule has 0 heterocycles. The van der Waals surface area contributed by atoms with Gasteiger partial charge in [0, 0.05) is 21.2 Å². The first-order valence-corrected chi connectivity index (χ1v) is 9.46. The average Bonchev–Trinajstić information content (AvgIpc) is 2.72. The molecule has 0 radical (unpaired) electrons. The SMILES string of the molecule is COc1ccccc1CN/N=C/c1cc(Cl)ccc1OCc1ccc(Cl)cc1. The van der Waals surface area contributed by atoms with Crippen molar-refractivity contribution in [2.24, 2.45) is 5.10 Å². The van der Waals surface area contributed by atoms with Crippen LogP contribution in [0.3, 0.4) is 0 Å². The molecule has 3 aromatic rings. The van der Waals surface area contributed by atoms with Gasteiger partial charge in [0.2, 0.25) is 0 Å². The van der Waals surface area contributed by atoms with E-state index in [2.05, 4.69) is 10.5 Å². The molecule has 144 valence electrons. The highest BCUT2D eigenvalue weighted by Gasteiger charge is 2.05. The highest BCUT2D eigenvalue weighted by molar-refractivity contribution is 6.31. The number of nitrogens with zero attached hydrogens (tertiary/aromatic N) is 1. The average molecular weight is 415 g/mol. The summed E-state index contributed by atoms with van der Waals surface area (Å²) in [5.74, 6) is 1.52. The first-order valence-electron chi connectivity index (χ1n) is 8.70. The largest absolute Gasteiger partial charge is 0.496 e. The lowest BCUT2D eigenvalue weighted by Crippen LogP contribution is -2.07. The Labute approximate surface area is 174 Å². The minimum Gasteiger partial charge on any atom is -0.496 e. The van der Waals surface area contributed by atoms with Crippen LogP contribution < -0.4 is 14.9 Å². The number of halogens is 2. The molecule has 0 aliphatic carbocycles. The zero-order valence-electron chi connectivity index (χ0n) is 15.4. The molecule has 0 aliphatic rings. The van der Waals surface area contributed by atoms with Crippen LogP contribution in [-0.4, -0.2) is 13.3 Å². The van der Waals surface area contributed by atoms with Crippen LogP contribution in [0.4, 0.5) is 0 Å². The molecule has 0 atom stereocenters. The van der Waals surface area contributed by atoms with E-state index < -0.39 is 0 Å². The van der Waals surface area contributed by atoms with Crippen LogP contribution in [0.25, 0.3) is 0 Å². The van der Waals surface area contributed by atoms with Crippen molar-refractivity contribution in [3.05, 3.63) is 93.5 Å². The maximum Gasteiger partial charge on any atom is 0.128 e. The molecule has 3 aromatic carbocycles. The first-order chi connectivity index (χ1) is 13.7. The fraction of sp³-hybridized carbons (Fsp3) is 0.136. The van der Waals surface area contributed by atoms with Gasteiger partial charge in [-0.25, -0.2) is 0 Å². The molecule has 0 fully saturated rings. The fourth-order valence-corrected chi connectivity index (χ4v) is 2.89. The highest BCUT2D eigenvalue weighted by Crippen LogP contribution is 2.23. The first kappa shape index (κ1) is 20.1. The van der Waals surface area contributed by atoms with Gasteiger partial charge in [0.25, 0.3) is 0 Å². The van der Waals surface area contributed by atoms with Crippen molar-refractivity contribution in [1.82, 2.24) is 5.43 Å². The van der Waals surface area contributed by atoms with Crippen LogP contribution in [0.15, 0.2) is 71.8 Å². The summed E-state index contributed by atoms with van der Waals surface area (Å²) in [7, 11) is 1.65. The molecule has 0 spiro atoms. The molecule has 0 saturated carbocycles. The predicted octanol–water partition coefficient (Wildman–Crippen LogP) is 5.70. The molecule has 6 heteroatoms. The van der Waals surface area contributed by atoms with E-state index in [1.807, 2.05) is 60.7 Å². The van der Waals surface area contributed by atoms with Gasteiger partial charge in [-0.15, -0.1) is 0 Å². The number of nitrogens with one attached hydrogen (secondary N) is 1. The Kier molecular flexibility index (Phi) is 7.18. The van der Waals surface area contributed by atoms with Crippen molar-refractivity contribution in [2.45, 2.75) is 13.2 Å². The standard InChI is InChI=1S/C22H20Cl2N2O2/c1-27-21-5-3-2-4-17(21)13-25-26-14-18-12-20(24)10-11-22(18)28-15-16-6-8-19(23)9-7-16/h2-12,14,25H,13,15H2,1H3/b26-14+. The number of rotatable bonds is 8. The third-order valence-corrected chi connectivity index (χ3v) is 4.52. The number of para-hydroxylation sites is 1. The van der Waals surface area contributed by atoms with Gasteiger partial charge < -0.3 is 14.9 Å². The van der Waals surface area contributed by atoms with Crippen LogP contribution in [0, 0.1) is 0 Å². The summed E-state index contributed by atoms with van der Waals surface area (Å²) in [6.07, 6.45) is 1.69. The third-order valence-electron chi connectivity index (χ3n) is 4.04. The topological polar surface area (TPSA) is 42.8 Å². The van der Waals surface area contributed by atoms with E-state index >= 15 is 0 Å². The predicted molar refractivity (Wildman–Crippen MR) is 115 cm³/mol. The molecule has 0 saturated heterocycles. The van der Waals surface area contributed by atoms with Gasteiger partial charge in [0.1, 0.15) is 18.1 Å². The van der Waals surface area contributed by atoms with E-state index in [0.717, 1.165) is 22.4 Å². The summed E-state index contributed by atoms with van der Waals surface area (Å²) >= 11 is 12.0. The normalized spacial score (nSPS) is 10.8. The number of ether oxygens (including phenoxy) is 2. The Morgan fingerprint density at radius 2 is 1.68 bits per heavy atom. The molecule has 0 aromatic heterocycles. The van der Waals surface area contributed by atoms with Crippen molar-refractivity contribution >= 4 is 29.4 Å². The van der Waals surface area contributed by atoms with Gasteiger partial charge in [-0.3, -0.25) is 0 Å². The van der Waals surface area contributed by atoms with E-state index in [1.54, 1.807) is 19.4 Å². The summed E-state index contributed by atoms with van der Waals surface area (Å²) < 4.78 is 11.3. The molecule has 0 aliphatic heterocycles. The lowest BCUT2D eigenvalue weighted by Gasteiger charge is -2.10. The van der Waals surface area contributed by atoms with Gasteiger partial charge in [-0.1, -0.05) is 53.5 Å². The van der Waals surface area contributed by atoms with Crippen molar-refractivity contribution in [3.8, 4) is 11.5 Å². The molecule has 4 nitrogen and oxygen atoms in total. The zero-order valence-corrected chi connectivity index (χ0v) is 16.9. The van der Waals surface area contributed by atoms with Gasteiger partial charge in [-0.05, 0) is 42.0 Å². The Morgan fingerprint density at radius 1 is 0.929 bits per heavy atom. The van der Waals surface area contributed by atoms with Gasteiger partial charge in [0.05, 0.1) is 19.9 Å². The number of hydrogen-bond acceptors (Lipinski definition) is 4. The van der Waals surface area contributed by atoms with Crippen LogP contribution in [0.1, 0.15) is 16.7 Å². The van der Waals surface area contributed by atoms with E-state index in [4.69, 9.17) is 32.7 Å². The summed E-state index contributed by atoms with van der Waals surface area (Å²) in [5, 5.41) is 5.61. The second-order valence-corrected chi connectivity index (χ2v) is 6.88. The Bertz CT molecular complexity index is 944. The minimum atomic E-state index is 0.425. The lowest BCUT2D eigenvalue weighted by atomic mass is 10.2. The van der Waals surface area contributed by atoms with Crippen molar-refractivity contribution in [3.63, 3.8) is 0 Å². The summed E-state index contributed by atoms with van der Waals surface area (Å²) in [6.45, 7) is 0.969. The van der Waals surface area contributed by atoms with Gasteiger partial charge in [0.15, 0.2) is 0 Å². The molecule has 0 unspecified atom stereocenters. The summed E-state index contributed by atoms with van der Waals surface area (Å²) in [5.41, 5.74) is 5.86. The quantitative estimate of drug-likeness (QED) is 0.379. The van der Waals surface area contributed by atoms with Crippen LogP contribution in [0.5, 0.6) is 11.5 Å². The highest BCUT2D eigenvalue weighted by atomic mass is 35.5. The fourth-order valence-electron chi connectivity index (χ4n) is 2.59. The van der Waals surface area contributed by atoms with Crippen LogP contribution in [-0.2, 0) is 13.2 Å². The number of hydrogen-bond donors (Lipinski definition) is 1. The maximum atomic E-state index is 6.13. The molecule has 28 heavy (non-hydrogen) atoms. The van der Waals surface area contributed by atoms with E-state index in [-0.39, 0.29) is 0 Å². The minimum absolute atomic E-state index is 0.425. The molecule has 3 rings (SSSR count). The van der Waals surface area contributed by atoms with Gasteiger partial charge >= 0.3 is 0 Å². The van der Waals surface area contributed by atoms with E-state index in [0.29, 0.717) is 28.9 Å². The van der Waals surface area contributed by atoms with Crippen molar-refractivity contribution in [2.75, 3.05) is 7.11 Å². The maximum absolute atomic E-state index is 6.13. The summed E-state index contributed by atoms with van der Waals surface area (Å²) in [4.78, 5) is 0. The third kappa shape index (κ3) is 5.65. The lowest BCUT2D eigenvalue weighted by molar-refractivity contribution is 0.306. The molecule has 1 N–H and O–H groups in total. The van der Waals surface area contributed by atoms with Crippen LogP contribution in [0.2, 0.25) is 10.0 Å². The number of methoxy groups -OCH3 is 1. The number of hydrazone groups is 1. The second kappa shape index (κ2) is 10.0. The van der Waals surface area contributed by atoms with Crippen molar-refractivity contribution < 1.29 is 9.47 Å². The monoisotopic (exact) mass is 414 g/mol. The molecular formula is C22H20Cl2N2O2. The smallest absolute Gasteiger partial charge is 0.128 e. The van der Waals surface area contributed by atoms with Crippen LogP contribution >= 0.6 is 23.2 Å². The van der Waals surface area contributed by atoms with E-state index in [1.165, 1.54) is 0 Å². The molecule has 0 bridgehead atoms. The Morgan fingerprint density at radius 3 is 2.46 bits per heavy atom. The summed E-state index contributed by atoms with van der Waals surface area (Å²) in [6, 6.07) is 20.8. The zero-order chi connectivity index (χ0) is 19.8. The second-order valence-electron chi connectivity index (χ2n) is 6.00. The van der Waals surface area contributed by atoms with Gasteiger partial charge in [-0.2, -0.15) is 5.10 Å². The Hall–Kier alpha value is -2.69. The van der Waals surface area contributed by atoms with Crippen molar-refractivity contribution in [1.29, 1.82) is 0 Å². The molecular weight excluding hydrogens is 395 g/mol.